The largest absolute Gasteiger partial charge is 0.351 e. The summed E-state index contributed by atoms with van der Waals surface area (Å²) >= 11 is 0. The molecule has 1 N–H and O–H groups in total. The topological polar surface area (TPSA) is 67.8 Å². The Labute approximate surface area is 105 Å². The normalized spacial score (nSPS) is 10.0. The van der Waals surface area contributed by atoms with Gasteiger partial charge in [-0.2, -0.15) is 0 Å². The third-order valence-corrected chi connectivity index (χ3v) is 2.42. The van der Waals surface area contributed by atoms with Gasteiger partial charge in [0.15, 0.2) is 0 Å². The zero-order valence-corrected chi connectivity index (χ0v) is 9.91. The maximum Gasteiger partial charge on any atom is 0.271 e. The minimum absolute atomic E-state index is 0.191. The monoisotopic (exact) mass is 242 g/mol. The highest BCUT2D eigenvalue weighted by molar-refractivity contribution is 5.91. The van der Waals surface area contributed by atoms with Crippen molar-refractivity contribution in [3.8, 4) is 0 Å². The lowest BCUT2D eigenvalue weighted by Crippen LogP contribution is -2.25. The van der Waals surface area contributed by atoms with Gasteiger partial charge in [0.25, 0.3) is 5.91 Å². The smallest absolute Gasteiger partial charge is 0.271 e. The second kappa shape index (κ2) is 6.44. The summed E-state index contributed by atoms with van der Waals surface area (Å²) in [6.45, 7) is 0.603. The molecule has 5 nitrogen and oxygen atoms in total. The van der Waals surface area contributed by atoms with E-state index < -0.39 is 0 Å². The van der Waals surface area contributed by atoms with E-state index >= 15 is 0 Å². The van der Waals surface area contributed by atoms with Gasteiger partial charge in [0.05, 0.1) is 6.20 Å². The van der Waals surface area contributed by atoms with Crippen molar-refractivity contribution < 1.29 is 4.79 Å². The van der Waals surface area contributed by atoms with Gasteiger partial charge in [0.2, 0.25) is 0 Å². The first kappa shape index (κ1) is 12.2. The summed E-state index contributed by atoms with van der Waals surface area (Å²) in [5.74, 6) is -0.191. The molecule has 0 saturated carbocycles. The lowest BCUT2D eigenvalue weighted by Gasteiger charge is -2.03. The van der Waals surface area contributed by atoms with Gasteiger partial charge in [-0.3, -0.25) is 14.8 Å². The number of nitrogens with zero attached hydrogens (tertiary/aromatic N) is 3. The predicted molar refractivity (Wildman–Crippen MR) is 66.9 cm³/mol. The van der Waals surface area contributed by atoms with Gasteiger partial charge >= 0.3 is 0 Å². The molecule has 18 heavy (non-hydrogen) atoms. The van der Waals surface area contributed by atoms with Crippen molar-refractivity contribution in [3.63, 3.8) is 0 Å². The van der Waals surface area contributed by atoms with Crippen LogP contribution in [0.5, 0.6) is 0 Å². The molecule has 5 heteroatoms. The van der Waals surface area contributed by atoms with E-state index in [9.17, 15) is 4.79 Å². The molecular formula is C13H14N4O. The average molecular weight is 242 g/mol. The summed E-state index contributed by atoms with van der Waals surface area (Å²) in [5, 5.41) is 2.80. The lowest BCUT2D eigenvalue weighted by molar-refractivity contribution is 0.0948. The van der Waals surface area contributed by atoms with E-state index in [1.807, 2.05) is 18.2 Å². The quantitative estimate of drug-likeness (QED) is 0.801. The maximum atomic E-state index is 11.6. The fourth-order valence-electron chi connectivity index (χ4n) is 1.52. The van der Waals surface area contributed by atoms with E-state index in [0.29, 0.717) is 12.2 Å². The molecule has 0 atom stereocenters. The van der Waals surface area contributed by atoms with Crippen LogP contribution in [0.1, 0.15) is 22.6 Å². The number of pyridine rings is 1. The van der Waals surface area contributed by atoms with Crippen molar-refractivity contribution in [2.45, 2.75) is 12.8 Å². The summed E-state index contributed by atoms with van der Waals surface area (Å²) in [7, 11) is 0. The third-order valence-electron chi connectivity index (χ3n) is 2.42. The molecular weight excluding hydrogens is 228 g/mol. The molecule has 0 aliphatic carbocycles. The fourth-order valence-corrected chi connectivity index (χ4v) is 1.52. The minimum atomic E-state index is -0.191. The molecule has 0 saturated heterocycles. The van der Waals surface area contributed by atoms with Gasteiger partial charge in [0.1, 0.15) is 5.69 Å². The third kappa shape index (κ3) is 3.62. The molecule has 0 bridgehead atoms. The highest BCUT2D eigenvalue weighted by Gasteiger charge is 2.05. The van der Waals surface area contributed by atoms with Gasteiger partial charge < -0.3 is 5.32 Å². The van der Waals surface area contributed by atoms with E-state index in [1.54, 1.807) is 6.20 Å². The zero-order chi connectivity index (χ0) is 12.6. The molecule has 0 radical (unpaired) electrons. The van der Waals surface area contributed by atoms with E-state index in [1.165, 1.54) is 18.6 Å². The Kier molecular flexibility index (Phi) is 4.35. The first-order valence-electron chi connectivity index (χ1n) is 5.80. The van der Waals surface area contributed by atoms with Crippen LogP contribution in [0.15, 0.2) is 43.0 Å². The number of amides is 1. The number of hydrogen-bond donors (Lipinski definition) is 1. The molecule has 0 spiro atoms. The Morgan fingerprint density at radius 2 is 2.11 bits per heavy atom. The number of hydrogen-bond acceptors (Lipinski definition) is 4. The molecule has 0 unspecified atom stereocenters. The summed E-state index contributed by atoms with van der Waals surface area (Å²) in [6.07, 6.45) is 7.97. The molecule has 0 fully saturated rings. The standard InChI is InChI=1S/C13H14N4O/c18-13(12-10-14-8-9-16-12)17-7-3-5-11-4-1-2-6-15-11/h1-2,4,6,8-10H,3,5,7H2,(H,17,18). The van der Waals surface area contributed by atoms with Crippen molar-refractivity contribution in [1.82, 2.24) is 20.3 Å². The Morgan fingerprint density at radius 1 is 1.17 bits per heavy atom. The van der Waals surface area contributed by atoms with Gasteiger partial charge in [-0.25, -0.2) is 4.98 Å². The number of aromatic nitrogens is 3. The summed E-state index contributed by atoms with van der Waals surface area (Å²) in [4.78, 5) is 23.6. The second-order valence-corrected chi connectivity index (χ2v) is 3.77. The van der Waals surface area contributed by atoms with Crippen molar-refractivity contribution in [2.75, 3.05) is 6.54 Å². The van der Waals surface area contributed by atoms with Gasteiger partial charge in [0, 0.05) is 30.8 Å². The van der Waals surface area contributed by atoms with Gasteiger partial charge in [-0.15, -0.1) is 0 Å². The van der Waals surface area contributed by atoms with Crippen LogP contribution in [-0.2, 0) is 6.42 Å². The summed E-state index contributed by atoms with van der Waals surface area (Å²) in [6, 6.07) is 5.82. The predicted octanol–water partition coefficient (Wildman–Crippen LogP) is 1.23. The van der Waals surface area contributed by atoms with Gasteiger partial charge in [-0.05, 0) is 25.0 Å². The Hall–Kier alpha value is -2.30. The number of rotatable bonds is 5. The van der Waals surface area contributed by atoms with Crippen molar-refractivity contribution >= 4 is 5.91 Å². The molecule has 2 aromatic heterocycles. The molecule has 0 aromatic carbocycles. The van der Waals surface area contributed by atoms with E-state index in [4.69, 9.17) is 0 Å². The Balaban J connectivity index is 1.72. The maximum absolute atomic E-state index is 11.6. The number of carbonyl (C=O) groups is 1. The molecule has 2 rings (SSSR count). The van der Waals surface area contributed by atoms with Gasteiger partial charge in [-0.1, -0.05) is 6.07 Å². The van der Waals surface area contributed by atoms with Crippen LogP contribution in [0.2, 0.25) is 0 Å². The molecule has 2 aromatic rings. The van der Waals surface area contributed by atoms with Crippen molar-refractivity contribution in [2.24, 2.45) is 0 Å². The number of aryl methyl sites for hydroxylation is 1. The average Bonchev–Trinajstić information content (AvgIpc) is 2.45. The van der Waals surface area contributed by atoms with Crippen LogP contribution in [0, 0.1) is 0 Å². The number of carbonyl (C=O) groups excluding carboxylic acids is 1. The van der Waals surface area contributed by atoms with E-state index in [2.05, 4.69) is 20.3 Å². The minimum Gasteiger partial charge on any atom is -0.351 e. The van der Waals surface area contributed by atoms with Crippen LogP contribution in [0.3, 0.4) is 0 Å². The van der Waals surface area contributed by atoms with E-state index in [0.717, 1.165) is 18.5 Å². The van der Waals surface area contributed by atoms with Crippen LogP contribution >= 0.6 is 0 Å². The van der Waals surface area contributed by atoms with Crippen molar-refractivity contribution in [3.05, 3.63) is 54.4 Å². The first-order valence-corrected chi connectivity index (χ1v) is 5.80. The zero-order valence-electron chi connectivity index (χ0n) is 9.91. The van der Waals surface area contributed by atoms with Crippen LogP contribution in [0.4, 0.5) is 0 Å². The molecule has 0 aliphatic heterocycles. The second-order valence-electron chi connectivity index (χ2n) is 3.77. The lowest BCUT2D eigenvalue weighted by atomic mass is 10.2. The Morgan fingerprint density at radius 3 is 2.83 bits per heavy atom. The van der Waals surface area contributed by atoms with Crippen LogP contribution < -0.4 is 5.32 Å². The van der Waals surface area contributed by atoms with E-state index in [-0.39, 0.29) is 5.91 Å². The molecule has 1 amide bonds. The first-order chi connectivity index (χ1) is 8.86. The molecule has 92 valence electrons. The number of nitrogens with one attached hydrogen (secondary N) is 1. The van der Waals surface area contributed by atoms with Crippen LogP contribution in [-0.4, -0.2) is 27.4 Å². The van der Waals surface area contributed by atoms with Crippen molar-refractivity contribution in [1.29, 1.82) is 0 Å². The Bertz CT molecular complexity index is 487. The fraction of sp³-hybridized carbons (Fsp3) is 0.231. The summed E-state index contributed by atoms with van der Waals surface area (Å²) in [5.41, 5.74) is 1.38. The van der Waals surface area contributed by atoms with Crippen LogP contribution in [0.25, 0.3) is 0 Å². The highest BCUT2D eigenvalue weighted by atomic mass is 16.1. The molecule has 2 heterocycles. The SMILES string of the molecule is O=C(NCCCc1ccccn1)c1cnccn1. The molecule has 0 aliphatic rings. The summed E-state index contributed by atoms with van der Waals surface area (Å²) < 4.78 is 0. The highest BCUT2D eigenvalue weighted by Crippen LogP contribution is 1.97.